The predicted octanol–water partition coefficient (Wildman–Crippen LogP) is 1.93. The molecular weight excluding hydrogens is 466 g/mol. The number of ether oxygens (including phenoxy) is 2. The number of rotatable bonds is 9. The average molecular weight is 480 g/mol. The highest BCUT2D eigenvalue weighted by atomic mass is 32.2. The SMILES string of the molecule is C=C(C(=O)OC(OCC(F)(F)S(=O)(=O)[O-])(C(=O)N(CC)CC)C(F)(F)F)C(F)(F)F. The zero-order chi connectivity index (χ0) is 24.3. The first-order chi connectivity index (χ1) is 13.2. The normalized spacial score (nSPS) is 15.3. The first-order valence-corrected chi connectivity index (χ1v) is 8.91. The van der Waals surface area contributed by atoms with Crippen molar-refractivity contribution in [3.05, 3.63) is 12.2 Å². The van der Waals surface area contributed by atoms with Crippen LogP contribution in [0.1, 0.15) is 13.8 Å². The third kappa shape index (κ3) is 6.00. The Bertz CT molecular complexity index is 773. The van der Waals surface area contributed by atoms with Crippen molar-refractivity contribution in [1.82, 2.24) is 4.90 Å². The smallest absolute Gasteiger partial charge is 0.466 e. The molecule has 0 aromatic rings. The van der Waals surface area contributed by atoms with Gasteiger partial charge in [-0.25, -0.2) is 13.2 Å². The van der Waals surface area contributed by atoms with Crippen LogP contribution in [-0.4, -0.2) is 72.8 Å². The third-order valence-electron chi connectivity index (χ3n) is 3.34. The van der Waals surface area contributed by atoms with E-state index in [1.54, 1.807) is 0 Å². The molecule has 1 amide bonds. The minimum atomic E-state index is -6.63. The van der Waals surface area contributed by atoms with E-state index >= 15 is 0 Å². The van der Waals surface area contributed by atoms with E-state index in [0.717, 1.165) is 13.8 Å². The van der Waals surface area contributed by atoms with Gasteiger partial charge in [-0.3, -0.25) is 4.79 Å². The average Bonchev–Trinajstić information content (AvgIpc) is 2.55. The molecule has 0 aliphatic heterocycles. The van der Waals surface area contributed by atoms with Crippen molar-refractivity contribution in [2.75, 3.05) is 19.7 Å². The summed E-state index contributed by atoms with van der Waals surface area (Å²) in [5, 5.41) is -5.57. The Morgan fingerprint density at radius 3 is 1.73 bits per heavy atom. The Hall–Kier alpha value is -2.01. The number of alkyl halides is 8. The summed E-state index contributed by atoms with van der Waals surface area (Å²) in [6, 6.07) is 0. The zero-order valence-electron chi connectivity index (χ0n) is 15.1. The van der Waals surface area contributed by atoms with Crippen molar-refractivity contribution < 1.29 is 67.2 Å². The van der Waals surface area contributed by atoms with Gasteiger partial charge in [0.25, 0.3) is 0 Å². The fourth-order valence-electron chi connectivity index (χ4n) is 1.68. The molecule has 0 spiro atoms. The van der Waals surface area contributed by atoms with Crippen LogP contribution in [0.5, 0.6) is 0 Å². The molecule has 0 aliphatic carbocycles. The summed E-state index contributed by atoms with van der Waals surface area (Å²) >= 11 is 0. The lowest BCUT2D eigenvalue weighted by Crippen LogP contribution is -2.63. The minimum Gasteiger partial charge on any atom is -0.743 e. The topological polar surface area (TPSA) is 113 Å². The van der Waals surface area contributed by atoms with Crippen LogP contribution >= 0.6 is 0 Å². The summed E-state index contributed by atoms with van der Waals surface area (Å²) in [5.41, 5.74) is -2.56. The molecule has 1 unspecified atom stereocenters. The molecule has 0 fully saturated rings. The summed E-state index contributed by atoms with van der Waals surface area (Å²) in [6.45, 7) is 0.113. The fraction of sp³-hybridized carbons (Fsp3) is 0.692. The lowest BCUT2D eigenvalue weighted by molar-refractivity contribution is -0.356. The number of amides is 1. The highest BCUT2D eigenvalue weighted by molar-refractivity contribution is 7.86. The van der Waals surface area contributed by atoms with Gasteiger partial charge in [-0.1, -0.05) is 6.58 Å². The first kappa shape index (κ1) is 28.0. The van der Waals surface area contributed by atoms with Crippen LogP contribution in [0, 0.1) is 0 Å². The van der Waals surface area contributed by atoms with E-state index in [-0.39, 0.29) is 4.90 Å². The largest absolute Gasteiger partial charge is 0.743 e. The summed E-state index contributed by atoms with van der Waals surface area (Å²) < 4.78 is 144. The van der Waals surface area contributed by atoms with E-state index in [4.69, 9.17) is 0 Å². The summed E-state index contributed by atoms with van der Waals surface area (Å²) in [5.74, 6) is -10.5. The molecular formula is C13H14F8NO7S-. The zero-order valence-corrected chi connectivity index (χ0v) is 15.9. The van der Waals surface area contributed by atoms with Crippen LogP contribution in [0.3, 0.4) is 0 Å². The molecule has 0 saturated heterocycles. The number of carbonyl (C=O) groups excluding carboxylic acids is 2. The number of halogens is 8. The van der Waals surface area contributed by atoms with E-state index in [2.05, 4.69) is 16.1 Å². The van der Waals surface area contributed by atoms with Crippen molar-refractivity contribution in [2.24, 2.45) is 0 Å². The van der Waals surface area contributed by atoms with Gasteiger partial charge in [-0.05, 0) is 13.8 Å². The van der Waals surface area contributed by atoms with E-state index < -0.39 is 70.7 Å². The van der Waals surface area contributed by atoms with Crippen molar-refractivity contribution in [2.45, 2.75) is 37.2 Å². The highest BCUT2D eigenvalue weighted by Gasteiger charge is 2.68. The molecule has 30 heavy (non-hydrogen) atoms. The lowest BCUT2D eigenvalue weighted by Gasteiger charge is -2.37. The van der Waals surface area contributed by atoms with Gasteiger partial charge in [-0.15, -0.1) is 0 Å². The molecule has 0 saturated carbocycles. The van der Waals surface area contributed by atoms with Gasteiger partial charge in [-0.2, -0.15) is 35.1 Å². The molecule has 1 atom stereocenters. The molecule has 0 aliphatic rings. The van der Waals surface area contributed by atoms with Crippen LogP contribution in [0.25, 0.3) is 0 Å². The monoisotopic (exact) mass is 480 g/mol. The van der Waals surface area contributed by atoms with Gasteiger partial charge in [0.15, 0.2) is 10.1 Å². The Balaban J connectivity index is 6.53. The maximum Gasteiger partial charge on any atom is 0.466 e. The standard InChI is InChI=1S/C13H15F8NO7S/c1-4-22(5-2)9(24)11(13(19,20)21,28-6-10(14,15)30(25,26)27)29-8(23)7(3)12(16,17)18/h3-6H2,1-2H3,(H,25,26,27)/p-1. The van der Waals surface area contributed by atoms with Crippen LogP contribution in [0.2, 0.25) is 0 Å². The van der Waals surface area contributed by atoms with Crippen molar-refractivity contribution in [3.63, 3.8) is 0 Å². The molecule has 0 radical (unpaired) electrons. The van der Waals surface area contributed by atoms with Crippen LogP contribution in [0.4, 0.5) is 35.1 Å². The molecule has 17 heteroatoms. The number of hydrogen-bond donors (Lipinski definition) is 0. The molecule has 0 N–H and O–H groups in total. The molecule has 0 bridgehead atoms. The van der Waals surface area contributed by atoms with Gasteiger partial charge in [0.05, 0.1) is 0 Å². The lowest BCUT2D eigenvalue weighted by atomic mass is 10.2. The van der Waals surface area contributed by atoms with Gasteiger partial charge < -0.3 is 18.9 Å². The van der Waals surface area contributed by atoms with Gasteiger partial charge in [0.2, 0.25) is 0 Å². The molecule has 176 valence electrons. The first-order valence-electron chi connectivity index (χ1n) is 7.50. The van der Waals surface area contributed by atoms with E-state index in [0.29, 0.717) is 0 Å². The number of nitrogens with zero attached hydrogens (tertiary/aromatic N) is 1. The second-order valence-corrected chi connectivity index (χ2v) is 6.84. The summed E-state index contributed by atoms with van der Waals surface area (Å²) in [7, 11) is -6.63. The highest BCUT2D eigenvalue weighted by Crippen LogP contribution is 2.40. The summed E-state index contributed by atoms with van der Waals surface area (Å²) in [6.07, 6.45) is -11.9. The summed E-state index contributed by atoms with van der Waals surface area (Å²) in [4.78, 5) is 24.0. The van der Waals surface area contributed by atoms with Crippen LogP contribution in [-0.2, 0) is 29.2 Å². The van der Waals surface area contributed by atoms with Gasteiger partial charge in [0, 0.05) is 13.1 Å². The maximum absolute atomic E-state index is 13.6. The maximum atomic E-state index is 13.6. The molecule has 0 rings (SSSR count). The Kier molecular flexibility index (Phi) is 8.40. The Morgan fingerprint density at radius 1 is 1.00 bits per heavy atom. The van der Waals surface area contributed by atoms with Crippen molar-refractivity contribution in [3.8, 4) is 0 Å². The van der Waals surface area contributed by atoms with Crippen LogP contribution < -0.4 is 0 Å². The van der Waals surface area contributed by atoms with E-state index in [1.165, 1.54) is 0 Å². The number of esters is 1. The third-order valence-corrected chi connectivity index (χ3v) is 4.19. The quantitative estimate of drug-likeness (QED) is 0.163. The number of hydrogen-bond acceptors (Lipinski definition) is 7. The fourth-order valence-corrected chi connectivity index (χ4v) is 1.88. The molecule has 0 aromatic heterocycles. The molecule has 8 nitrogen and oxygen atoms in total. The second-order valence-electron chi connectivity index (χ2n) is 5.34. The number of carbonyl (C=O) groups is 2. The van der Waals surface area contributed by atoms with Crippen LogP contribution in [0.15, 0.2) is 12.2 Å². The van der Waals surface area contributed by atoms with Crippen molar-refractivity contribution in [1.29, 1.82) is 0 Å². The molecule has 0 heterocycles. The minimum absolute atomic E-state index is 0.182. The Morgan fingerprint density at radius 2 is 1.43 bits per heavy atom. The van der Waals surface area contributed by atoms with E-state index in [9.17, 15) is 57.7 Å². The number of likely N-dealkylation sites (N-methyl/N-ethyl adjacent to an activating group) is 1. The van der Waals surface area contributed by atoms with E-state index in [1.807, 2.05) is 0 Å². The Labute approximate surface area is 164 Å². The van der Waals surface area contributed by atoms with Crippen molar-refractivity contribution >= 4 is 22.0 Å². The van der Waals surface area contributed by atoms with Gasteiger partial charge >= 0.3 is 35.3 Å². The predicted molar refractivity (Wildman–Crippen MR) is 78.6 cm³/mol. The molecule has 0 aromatic carbocycles. The second kappa shape index (κ2) is 9.01. The van der Waals surface area contributed by atoms with Gasteiger partial charge in [0.1, 0.15) is 12.2 Å².